The highest BCUT2D eigenvalue weighted by molar-refractivity contribution is 5.85. The first-order chi connectivity index (χ1) is 5.74. The van der Waals surface area contributed by atoms with Gasteiger partial charge in [0.15, 0.2) is 0 Å². The van der Waals surface area contributed by atoms with Crippen molar-refractivity contribution in [3.8, 4) is 0 Å². The number of ether oxygens (including phenoxy) is 1. The predicted octanol–water partition coefficient (Wildman–Crippen LogP) is 0.153. The Hall–Kier alpha value is -1.51. The molecule has 0 aliphatic heterocycles. The Morgan fingerprint density at radius 3 is 2.92 bits per heavy atom. The lowest BCUT2D eigenvalue weighted by Crippen LogP contribution is -2.24. The average Bonchev–Trinajstić information content (AvgIpc) is 2.28. The smallest absolute Gasteiger partial charge is 0.118 e. The summed E-state index contributed by atoms with van der Waals surface area (Å²) in [5.74, 6) is -0.487. The first-order valence-electron chi connectivity index (χ1n) is 3.57. The standard InChI is InChI=1S/C9H10O3/c1-12-8-4-2-3-7(5-6-8)9(10)11/h2,4-6H,3H2,1H3,(H,10,11)/p-1. The summed E-state index contributed by atoms with van der Waals surface area (Å²) in [6.45, 7) is 0. The Morgan fingerprint density at radius 1 is 1.58 bits per heavy atom. The van der Waals surface area contributed by atoms with E-state index >= 15 is 0 Å². The zero-order valence-corrected chi connectivity index (χ0v) is 6.74. The van der Waals surface area contributed by atoms with Crippen molar-refractivity contribution >= 4 is 5.97 Å². The first kappa shape index (κ1) is 8.59. The fourth-order valence-corrected chi connectivity index (χ4v) is 0.896. The maximum Gasteiger partial charge on any atom is 0.118 e. The van der Waals surface area contributed by atoms with Crippen molar-refractivity contribution in [3.05, 3.63) is 35.6 Å². The number of rotatable bonds is 2. The van der Waals surface area contributed by atoms with Gasteiger partial charge in [0.1, 0.15) is 5.76 Å². The molecule has 12 heavy (non-hydrogen) atoms. The summed E-state index contributed by atoms with van der Waals surface area (Å²) in [4.78, 5) is 10.4. The van der Waals surface area contributed by atoms with E-state index in [1.807, 2.05) is 0 Å². The molecule has 0 N–H and O–H groups in total. The molecule has 0 bridgehead atoms. The van der Waals surface area contributed by atoms with Gasteiger partial charge in [-0.1, -0.05) is 12.2 Å². The fourth-order valence-electron chi connectivity index (χ4n) is 0.896. The van der Waals surface area contributed by atoms with Gasteiger partial charge in [-0.15, -0.1) is 0 Å². The summed E-state index contributed by atoms with van der Waals surface area (Å²) in [6.07, 6.45) is 6.94. The normalized spacial score (nSPS) is 16.1. The van der Waals surface area contributed by atoms with Crippen molar-refractivity contribution in [2.45, 2.75) is 6.42 Å². The van der Waals surface area contributed by atoms with Crippen LogP contribution in [0, 0.1) is 0 Å². The van der Waals surface area contributed by atoms with E-state index in [0.29, 0.717) is 12.2 Å². The third-order valence-electron chi connectivity index (χ3n) is 1.57. The summed E-state index contributed by atoms with van der Waals surface area (Å²) in [5.41, 5.74) is 0.262. The van der Waals surface area contributed by atoms with Crippen LogP contribution in [0.15, 0.2) is 35.6 Å². The van der Waals surface area contributed by atoms with E-state index in [9.17, 15) is 9.90 Å². The van der Waals surface area contributed by atoms with Crippen LogP contribution in [0.4, 0.5) is 0 Å². The highest BCUT2D eigenvalue weighted by Gasteiger charge is 1.99. The second-order valence-electron chi connectivity index (χ2n) is 2.36. The largest absolute Gasteiger partial charge is 0.545 e. The van der Waals surface area contributed by atoms with Crippen molar-refractivity contribution < 1.29 is 14.6 Å². The molecule has 0 unspecified atom stereocenters. The minimum absolute atomic E-state index is 0.262. The van der Waals surface area contributed by atoms with Gasteiger partial charge in [-0.2, -0.15) is 0 Å². The zero-order valence-electron chi connectivity index (χ0n) is 6.74. The molecule has 0 aromatic rings. The lowest BCUT2D eigenvalue weighted by molar-refractivity contribution is -0.299. The van der Waals surface area contributed by atoms with Gasteiger partial charge in [-0.05, 0) is 24.1 Å². The van der Waals surface area contributed by atoms with Crippen LogP contribution in [0.5, 0.6) is 0 Å². The molecule has 0 fully saturated rings. The van der Waals surface area contributed by atoms with Gasteiger partial charge in [-0.3, -0.25) is 0 Å². The van der Waals surface area contributed by atoms with E-state index in [0.717, 1.165) is 0 Å². The average molecular weight is 165 g/mol. The summed E-state index contributed by atoms with van der Waals surface area (Å²) in [7, 11) is 1.54. The van der Waals surface area contributed by atoms with E-state index in [-0.39, 0.29) is 5.57 Å². The highest BCUT2D eigenvalue weighted by atomic mass is 16.5. The number of aliphatic carboxylic acids is 1. The lowest BCUT2D eigenvalue weighted by atomic mass is 10.2. The Balaban J connectivity index is 2.84. The number of carbonyl (C=O) groups is 1. The summed E-state index contributed by atoms with van der Waals surface area (Å²) in [6, 6.07) is 0. The molecule has 3 nitrogen and oxygen atoms in total. The van der Waals surface area contributed by atoms with Crippen LogP contribution in [0.1, 0.15) is 6.42 Å². The molecule has 64 valence electrons. The van der Waals surface area contributed by atoms with E-state index in [2.05, 4.69) is 0 Å². The van der Waals surface area contributed by atoms with Crippen LogP contribution in [0.2, 0.25) is 0 Å². The molecule has 0 aromatic carbocycles. The monoisotopic (exact) mass is 165 g/mol. The molecule has 0 radical (unpaired) electrons. The molecule has 1 rings (SSSR count). The Kier molecular flexibility index (Phi) is 2.69. The molecule has 0 amide bonds. The number of hydrogen-bond donors (Lipinski definition) is 0. The summed E-state index contributed by atoms with van der Waals surface area (Å²) < 4.78 is 4.92. The molecule has 0 saturated heterocycles. The van der Waals surface area contributed by atoms with Gasteiger partial charge in [0.25, 0.3) is 0 Å². The van der Waals surface area contributed by atoms with Crippen molar-refractivity contribution in [1.82, 2.24) is 0 Å². The number of allylic oxidation sites excluding steroid dienone is 4. The molecular weight excluding hydrogens is 156 g/mol. The van der Waals surface area contributed by atoms with Crippen LogP contribution in [0.25, 0.3) is 0 Å². The van der Waals surface area contributed by atoms with Gasteiger partial charge in [0, 0.05) is 0 Å². The van der Waals surface area contributed by atoms with Crippen molar-refractivity contribution in [3.63, 3.8) is 0 Å². The van der Waals surface area contributed by atoms with Crippen molar-refractivity contribution in [1.29, 1.82) is 0 Å². The van der Waals surface area contributed by atoms with Crippen molar-refractivity contribution in [2.75, 3.05) is 7.11 Å². The number of hydrogen-bond acceptors (Lipinski definition) is 3. The van der Waals surface area contributed by atoms with Crippen LogP contribution >= 0.6 is 0 Å². The maximum atomic E-state index is 10.4. The Bertz CT molecular complexity index is 271. The minimum Gasteiger partial charge on any atom is -0.545 e. The molecule has 0 aromatic heterocycles. The van der Waals surface area contributed by atoms with Crippen LogP contribution in [-0.2, 0) is 9.53 Å². The third kappa shape index (κ3) is 1.99. The maximum absolute atomic E-state index is 10.4. The molecule has 0 spiro atoms. The topological polar surface area (TPSA) is 49.4 Å². The number of carbonyl (C=O) groups excluding carboxylic acids is 1. The molecule has 0 atom stereocenters. The molecule has 0 saturated carbocycles. The SMILES string of the molecule is COC1=CC=C(C(=O)[O-])CC=C1. The summed E-state index contributed by atoms with van der Waals surface area (Å²) in [5, 5.41) is 10.4. The second kappa shape index (κ2) is 3.76. The number of carboxylic acids is 1. The van der Waals surface area contributed by atoms with Crippen molar-refractivity contribution in [2.24, 2.45) is 0 Å². The van der Waals surface area contributed by atoms with Gasteiger partial charge in [0.2, 0.25) is 0 Å². The number of carboxylic acid groups (broad SMARTS) is 1. The highest BCUT2D eigenvalue weighted by Crippen LogP contribution is 2.10. The van der Waals surface area contributed by atoms with Crippen LogP contribution in [0.3, 0.4) is 0 Å². The summed E-state index contributed by atoms with van der Waals surface area (Å²) >= 11 is 0. The zero-order chi connectivity index (χ0) is 8.97. The molecule has 0 heterocycles. The van der Waals surface area contributed by atoms with Crippen LogP contribution < -0.4 is 5.11 Å². The van der Waals surface area contributed by atoms with E-state index in [4.69, 9.17) is 4.74 Å². The predicted molar refractivity (Wildman–Crippen MR) is 41.9 cm³/mol. The van der Waals surface area contributed by atoms with E-state index in [1.54, 1.807) is 18.2 Å². The minimum atomic E-state index is -1.13. The van der Waals surface area contributed by atoms with Gasteiger partial charge in [-0.25, -0.2) is 0 Å². The number of methoxy groups -OCH3 is 1. The lowest BCUT2D eigenvalue weighted by Gasteiger charge is -2.01. The molecular formula is C9H9O3-. The third-order valence-corrected chi connectivity index (χ3v) is 1.57. The Morgan fingerprint density at radius 2 is 2.33 bits per heavy atom. The fraction of sp³-hybridized carbons (Fsp3) is 0.222. The van der Waals surface area contributed by atoms with Crippen LogP contribution in [-0.4, -0.2) is 13.1 Å². The van der Waals surface area contributed by atoms with Gasteiger partial charge >= 0.3 is 0 Å². The molecule has 1 aliphatic carbocycles. The quantitative estimate of drug-likeness (QED) is 0.585. The first-order valence-corrected chi connectivity index (χ1v) is 3.57. The second-order valence-corrected chi connectivity index (χ2v) is 2.36. The Labute approximate surface area is 70.7 Å². The van der Waals surface area contributed by atoms with E-state index < -0.39 is 5.97 Å². The van der Waals surface area contributed by atoms with Gasteiger partial charge in [0.05, 0.1) is 13.1 Å². The molecule has 1 aliphatic rings. The molecule has 3 heteroatoms. The van der Waals surface area contributed by atoms with Gasteiger partial charge < -0.3 is 14.6 Å². The van der Waals surface area contributed by atoms with E-state index in [1.165, 1.54) is 13.2 Å².